The van der Waals surface area contributed by atoms with E-state index >= 15 is 0 Å². The van der Waals surface area contributed by atoms with Crippen LogP contribution in [0.5, 0.6) is 0 Å². The van der Waals surface area contributed by atoms with Crippen molar-refractivity contribution in [3.8, 4) is 0 Å². The number of rotatable bonds is 7. The highest BCUT2D eigenvalue weighted by Crippen LogP contribution is 2.20. The van der Waals surface area contributed by atoms with Crippen LogP contribution in [0.15, 0.2) is 36.7 Å². The summed E-state index contributed by atoms with van der Waals surface area (Å²) in [5.41, 5.74) is 3.55. The molecular formula is C16H23N3O. The highest BCUT2D eigenvalue weighted by Gasteiger charge is 2.08. The molecule has 108 valence electrons. The van der Waals surface area contributed by atoms with E-state index in [1.807, 2.05) is 10.9 Å². The Morgan fingerprint density at radius 3 is 2.95 bits per heavy atom. The van der Waals surface area contributed by atoms with E-state index in [1.165, 1.54) is 11.1 Å². The minimum absolute atomic E-state index is 0.225. The Balaban J connectivity index is 2.01. The number of aromatic nitrogens is 2. The zero-order chi connectivity index (χ0) is 14.4. The van der Waals surface area contributed by atoms with Crippen LogP contribution < -0.4 is 5.32 Å². The first kappa shape index (κ1) is 14.6. The largest absolute Gasteiger partial charge is 0.396 e. The van der Waals surface area contributed by atoms with E-state index in [0.29, 0.717) is 0 Å². The van der Waals surface area contributed by atoms with Gasteiger partial charge in [-0.2, -0.15) is 5.10 Å². The zero-order valence-electron chi connectivity index (χ0n) is 12.2. The molecule has 0 saturated carbocycles. The number of aliphatic hydroxyl groups excluding tert-OH is 1. The number of nitrogens with zero attached hydrogens (tertiary/aromatic N) is 2. The van der Waals surface area contributed by atoms with Crippen molar-refractivity contribution in [3.63, 3.8) is 0 Å². The molecule has 0 fully saturated rings. The lowest BCUT2D eigenvalue weighted by Crippen LogP contribution is -2.06. The van der Waals surface area contributed by atoms with E-state index < -0.39 is 0 Å². The molecule has 1 aromatic carbocycles. The minimum Gasteiger partial charge on any atom is -0.396 e. The van der Waals surface area contributed by atoms with Crippen molar-refractivity contribution < 1.29 is 5.11 Å². The van der Waals surface area contributed by atoms with Crippen molar-refractivity contribution in [1.29, 1.82) is 0 Å². The lowest BCUT2D eigenvalue weighted by Gasteiger charge is -2.14. The van der Waals surface area contributed by atoms with E-state index in [-0.39, 0.29) is 12.6 Å². The Morgan fingerprint density at radius 2 is 2.25 bits per heavy atom. The smallest absolute Gasteiger partial charge is 0.0542 e. The Kier molecular flexibility index (Phi) is 5.18. The van der Waals surface area contributed by atoms with Gasteiger partial charge in [-0.05, 0) is 44.4 Å². The van der Waals surface area contributed by atoms with Gasteiger partial charge < -0.3 is 10.4 Å². The van der Waals surface area contributed by atoms with Gasteiger partial charge in [0.05, 0.1) is 12.2 Å². The fourth-order valence-corrected chi connectivity index (χ4v) is 2.21. The van der Waals surface area contributed by atoms with Crippen LogP contribution in [0.3, 0.4) is 0 Å². The van der Waals surface area contributed by atoms with Gasteiger partial charge in [-0.3, -0.25) is 4.68 Å². The molecule has 4 nitrogen and oxygen atoms in total. The summed E-state index contributed by atoms with van der Waals surface area (Å²) in [7, 11) is 0. The van der Waals surface area contributed by atoms with Crippen LogP contribution in [0.25, 0.3) is 0 Å². The lowest BCUT2D eigenvalue weighted by molar-refractivity contribution is 0.288. The maximum atomic E-state index is 8.89. The van der Waals surface area contributed by atoms with Crippen LogP contribution in [-0.4, -0.2) is 21.5 Å². The van der Waals surface area contributed by atoms with Crippen molar-refractivity contribution >= 4 is 5.69 Å². The number of benzene rings is 1. The Morgan fingerprint density at radius 1 is 1.40 bits per heavy atom. The predicted octanol–water partition coefficient (Wildman–Crippen LogP) is 3.00. The summed E-state index contributed by atoms with van der Waals surface area (Å²) in [6.07, 6.45) is 5.71. The normalized spacial score (nSPS) is 12.3. The quantitative estimate of drug-likeness (QED) is 0.815. The summed E-state index contributed by atoms with van der Waals surface area (Å²) >= 11 is 0. The first-order valence-electron chi connectivity index (χ1n) is 7.21. The Bertz CT molecular complexity index is 536. The fraction of sp³-hybridized carbons (Fsp3) is 0.438. The zero-order valence-corrected chi connectivity index (χ0v) is 12.2. The molecule has 0 spiro atoms. The number of aryl methyl sites for hydroxylation is 2. The van der Waals surface area contributed by atoms with Crippen molar-refractivity contribution in [3.05, 3.63) is 47.8 Å². The number of hydrogen-bond acceptors (Lipinski definition) is 3. The Hall–Kier alpha value is -1.81. The molecule has 1 atom stereocenters. The van der Waals surface area contributed by atoms with Crippen molar-refractivity contribution in [2.75, 3.05) is 11.9 Å². The van der Waals surface area contributed by atoms with Gasteiger partial charge >= 0.3 is 0 Å². The summed E-state index contributed by atoms with van der Waals surface area (Å²) in [6, 6.07) is 8.60. The highest BCUT2D eigenvalue weighted by atomic mass is 16.2. The van der Waals surface area contributed by atoms with E-state index in [0.717, 1.165) is 25.1 Å². The third-order valence-corrected chi connectivity index (χ3v) is 3.41. The number of aliphatic hydroxyl groups is 1. The summed E-state index contributed by atoms with van der Waals surface area (Å²) < 4.78 is 1.94. The van der Waals surface area contributed by atoms with Crippen molar-refractivity contribution in [2.45, 2.75) is 39.3 Å². The molecule has 1 heterocycles. The molecule has 0 aliphatic heterocycles. The molecule has 0 aliphatic carbocycles. The van der Waals surface area contributed by atoms with E-state index in [2.05, 4.69) is 54.7 Å². The first-order chi connectivity index (χ1) is 9.72. The van der Waals surface area contributed by atoms with Crippen LogP contribution in [0, 0.1) is 0 Å². The molecule has 0 radical (unpaired) electrons. The van der Waals surface area contributed by atoms with E-state index in [4.69, 9.17) is 5.11 Å². The van der Waals surface area contributed by atoms with Gasteiger partial charge in [0.2, 0.25) is 0 Å². The SMILES string of the molecule is CCn1cc(C(C)Nc2cccc(CCCO)c2)cn1. The molecule has 20 heavy (non-hydrogen) atoms. The average molecular weight is 273 g/mol. The standard InChI is InChI=1S/C16H23N3O/c1-3-19-12-15(11-17-19)13(2)18-16-8-4-6-14(10-16)7-5-9-20/h4,6,8,10-13,18,20H,3,5,7,9H2,1-2H3. The van der Waals surface area contributed by atoms with Crippen molar-refractivity contribution in [1.82, 2.24) is 9.78 Å². The Labute approximate surface area is 120 Å². The van der Waals surface area contributed by atoms with Crippen LogP contribution in [-0.2, 0) is 13.0 Å². The van der Waals surface area contributed by atoms with Gasteiger partial charge in [-0.15, -0.1) is 0 Å². The minimum atomic E-state index is 0.225. The summed E-state index contributed by atoms with van der Waals surface area (Å²) in [5.74, 6) is 0. The molecule has 2 rings (SSSR count). The van der Waals surface area contributed by atoms with Gasteiger partial charge in [0, 0.05) is 30.6 Å². The predicted molar refractivity (Wildman–Crippen MR) is 81.8 cm³/mol. The van der Waals surface area contributed by atoms with Gasteiger partial charge in [-0.1, -0.05) is 12.1 Å². The summed E-state index contributed by atoms with van der Waals surface area (Å²) in [5, 5.41) is 16.7. The summed E-state index contributed by atoms with van der Waals surface area (Å²) in [6.45, 7) is 5.35. The van der Waals surface area contributed by atoms with Gasteiger partial charge in [-0.25, -0.2) is 0 Å². The molecule has 1 aromatic heterocycles. The molecule has 1 unspecified atom stereocenters. The molecule has 2 aromatic rings. The van der Waals surface area contributed by atoms with Crippen LogP contribution >= 0.6 is 0 Å². The lowest BCUT2D eigenvalue weighted by atomic mass is 10.1. The third kappa shape index (κ3) is 3.84. The topological polar surface area (TPSA) is 50.1 Å². The average Bonchev–Trinajstić information content (AvgIpc) is 2.94. The number of hydrogen-bond donors (Lipinski definition) is 2. The number of nitrogens with one attached hydrogen (secondary N) is 1. The maximum Gasteiger partial charge on any atom is 0.0542 e. The molecule has 0 aliphatic rings. The summed E-state index contributed by atoms with van der Waals surface area (Å²) in [4.78, 5) is 0. The second kappa shape index (κ2) is 7.10. The van der Waals surface area contributed by atoms with Crippen molar-refractivity contribution in [2.24, 2.45) is 0 Å². The van der Waals surface area contributed by atoms with Gasteiger partial charge in [0.25, 0.3) is 0 Å². The van der Waals surface area contributed by atoms with Crippen LogP contribution in [0.1, 0.15) is 37.4 Å². The molecular weight excluding hydrogens is 250 g/mol. The monoisotopic (exact) mass is 273 g/mol. The molecule has 4 heteroatoms. The van der Waals surface area contributed by atoms with Crippen LogP contribution in [0.4, 0.5) is 5.69 Å². The van der Waals surface area contributed by atoms with E-state index in [1.54, 1.807) is 0 Å². The van der Waals surface area contributed by atoms with Crippen LogP contribution in [0.2, 0.25) is 0 Å². The first-order valence-corrected chi connectivity index (χ1v) is 7.21. The maximum absolute atomic E-state index is 8.89. The highest BCUT2D eigenvalue weighted by molar-refractivity contribution is 5.47. The molecule has 0 saturated heterocycles. The van der Waals surface area contributed by atoms with Gasteiger partial charge in [0.15, 0.2) is 0 Å². The second-order valence-electron chi connectivity index (χ2n) is 5.02. The second-order valence-corrected chi connectivity index (χ2v) is 5.02. The third-order valence-electron chi connectivity index (χ3n) is 3.41. The molecule has 2 N–H and O–H groups in total. The molecule has 0 bridgehead atoms. The number of anilines is 1. The fourth-order valence-electron chi connectivity index (χ4n) is 2.21. The molecule has 0 amide bonds. The van der Waals surface area contributed by atoms with Gasteiger partial charge in [0.1, 0.15) is 0 Å². The van der Waals surface area contributed by atoms with E-state index in [9.17, 15) is 0 Å².